The lowest BCUT2D eigenvalue weighted by Crippen LogP contribution is -2.53. The second kappa shape index (κ2) is 14.8. The number of carbonyl (C=O) groups excluding carboxylic acids is 2. The van der Waals surface area contributed by atoms with E-state index < -0.39 is 28.5 Å². The molecule has 0 saturated heterocycles. The van der Waals surface area contributed by atoms with Crippen molar-refractivity contribution in [2.24, 2.45) is 0 Å². The highest BCUT2D eigenvalue weighted by molar-refractivity contribution is 7.92. The topological polar surface area (TPSA) is 86.8 Å². The first-order valence-electron chi connectivity index (χ1n) is 14.2. The van der Waals surface area contributed by atoms with E-state index in [1.165, 1.54) is 29.2 Å². The summed E-state index contributed by atoms with van der Waals surface area (Å²) >= 11 is 6.04. The molecule has 0 aromatic heterocycles. The second-order valence-electron chi connectivity index (χ2n) is 10.3. The molecule has 0 saturated carbocycles. The second-order valence-corrected chi connectivity index (χ2v) is 12.6. The summed E-state index contributed by atoms with van der Waals surface area (Å²) < 4.78 is 29.2. The van der Waals surface area contributed by atoms with E-state index in [9.17, 15) is 18.0 Å². The molecule has 1 unspecified atom stereocenters. The Bertz CT molecular complexity index is 1610. The lowest BCUT2D eigenvalue weighted by atomic mass is 10.0. The van der Waals surface area contributed by atoms with Gasteiger partial charge in [-0.05, 0) is 66.4 Å². The third-order valence-corrected chi connectivity index (χ3v) is 9.03. The zero-order chi connectivity index (χ0) is 30.8. The average Bonchev–Trinajstić information content (AvgIpc) is 3.01. The number of halogens is 1. The van der Waals surface area contributed by atoms with Gasteiger partial charge in [0.25, 0.3) is 10.0 Å². The first-order valence-corrected chi connectivity index (χ1v) is 16.0. The van der Waals surface area contributed by atoms with Crippen molar-refractivity contribution in [2.45, 2.75) is 44.2 Å². The van der Waals surface area contributed by atoms with E-state index in [1.54, 1.807) is 18.2 Å². The van der Waals surface area contributed by atoms with Crippen LogP contribution in [0.5, 0.6) is 0 Å². The fourth-order valence-corrected chi connectivity index (χ4v) is 6.28. The summed E-state index contributed by atoms with van der Waals surface area (Å²) in [4.78, 5) is 29.5. The predicted octanol–water partition coefficient (Wildman–Crippen LogP) is 6.01. The molecule has 224 valence electrons. The molecule has 0 aliphatic heterocycles. The number of nitrogens with zero attached hydrogens (tertiary/aromatic N) is 2. The summed E-state index contributed by atoms with van der Waals surface area (Å²) in [5.74, 6) is -0.798. The van der Waals surface area contributed by atoms with Gasteiger partial charge < -0.3 is 10.2 Å². The van der Waals surface area contributed by atoms with E-state index >= 15 is 0 Å². The van der Waals surface area contributed by atoms with Crippen LogP contribution in [0.1, 0.15) is 30.0 Å². The monoisotopic (exact) mass is 617 g/mol. The maximum Gasteiger partial charge on any atom is 0.264 e. The van der Waals surface area contributed by atoms with Crippen LogP contribution in [0.15, 0.2) is 114 Å². The lowest BCUT2D eigenvalue weighted by Gasteiger charge is -2.34. The quantitative estimate of drug-likeness (QED) is 0.199. The molecule has 0 bridgehead atoms. The molecule has 43 heavy (non-hydrogen) atoms. The van der Waals surface area contributed by atoms with Crippen LogP contribution in [0.2, 0.25) is 5.02 Å². The predicted molar refractivity (Wildman–Crippen MR) is 171 cm³/mol. The minimum atomic E-state index is -4.18. The van der Waals surface area contributed by atoms with E-state index in [-0.39, 0.29) is 23.8 Å². The Labute approximate surface area is 259 Å². The molecule has 2 amide bonds. The maximum absolute atomic E-state index is 14.4. The zero-order valence-electron chi connectivity index (χ0n) is 24.3. The molecule has 1 atom stereocenters. The lowest BCUT2D eigenvalue weighted by molar-refractivity contribution is -0.140. The molecular formula is C34H36ClN3O4S. The third-order valence-electron chi connectivity index (χ3n) is 6.99. The van der Waals surface area contributed by atoms with E-state index in [0.717, 1.165) is 27.4 Å². The summed E-state index contributed by atoms with van der Waals surface area (Å²) in [5, 5.41) is 3.35. The van der Waals surface area contributed by atoms with Crippen molar-refractivity contribution in [3.63, 3.8) is 0 Å². The van der Waals surface area contributed by atoms with Gasteiger partial charge in [-0.3, -0.25) is 13.9 Å². The highest BCUT2D eigenvalue weighted by atomic mass is 35.5. The van der Waals surface area contributed by atoms with Crippen LogP contribution in [0.4, 0.5) is 5.69 Å². The van der Waals surface area contributed by atoms with Crippen molar-refractivity contribution >= 4 is 39.1 Å². The highest BCUT2D eigenvalue weighted by Gasteiger charge is 2.34. The van der Waals surface area contributed by atoms with Gasteiger partial charge in [-0.1, -0.05) is 91.3 Å². The third kappa shape index (κ3) is 8.46. The van der Waals surface area contributed by atoms with Crippen molar-refractivity contribution < 1.29 is 18.0 Å². The molecule has 9 heteroatoms. The molecule has 1 N–H and O–H groups in total. The van der Waals surface area contributed by atoms with Gasteiger partial charge in [0.2, 0.25) is 11.8 Å². The Morgan fingerprint density at radius 3 is 2.07 bits per heavy atom. The molecule has 0 spiro atoms. The van der Waals surface area contributed by atoms with Gasteiger partial charge in [0.05, 0.1) is 10.6 Å². The van der Waals surface area contributed by atoms with E-state index in [1.807, 2.05) is 80.6 Å². The number of benzene rings is 4. The van der Waals surface area contributed by atoms with Crippen LogP contribution in [0.25, 0.3) is 0 Å². The van der Waals surface area contributed by atoms with Gasteiger partial charge in [0, 0.05) is 24.5 Å². The number of anilines is 1. The number of hydrogen-bond acceptors (Lipinski definition) is 4. The summed E-state index contributed by atoms with van der Waals surface area (Å²) in [6.45, 7) is 3.89. The fourth-order valence-electron chi connectivity index (χ4n) is 4.75. The summed E-state index contributed by atoms with van der Waals surface area (Å²) in [6.07, 6.45) is 1.00. The van der Waals surface area contributed by atoms with Crippen molar-refractivity contribution in [3.8, 4) is 0 Å². The van der Waals surface area contributed by atoms with E-state index in [0.29, 0.717) is 17.3 Å². The van der Waals surface area contributed by atoms with Gasteiger partial charge in [0.1, 0.15) is 12.6 Å². The van der Waals surface area contributed by atoms with Gasteiger partial charge >= 0.3 is 0 Å². The fraction of sp³-hybridized carbons (Fsp3) is 0.235. The first-order chi connectivity index (χ1) is 20.7. The highest BCUT2D eigenvalue weighted by Crippen LogP contribution is 2.26. The van der Waals surface area contributed by atoms with Gasteiger partial charge in [-0.25, -0.2) is 8.42 Å². The number of hydrogen-bond donors (Lipinski definition) is 1. The average molecular weight is 618 g/mol. The standard InChI is InChI=1S/C34H36ClN3O4S/c1-3-21-36-34(40)32(23-27-12-6-4-7-13-27)37(24-28-14-8-5-9-15-28)33(39)25-38(30-16-10-11-26(2)22-30)43(41,42)31-19-17-29(35)18-20-31/h4-20,22,32H,3,21,23-25H2,1-2H3,(H,36,40). The van der Waals surface area contributed by atoms with Crippen molar-refractivity contribution in [3.05, 3.63) is 131 Å². The molecule has 7 nitrogen and oxygen atoms in total. The number of carbonyl (C=O) groups is 2. The number of rotatable bonds is 13. The van der Waals surface area contributed by atoms with Crippen LogP contribution in [-0.2, 0) is 32.6 Å². The Balaban J connectivity index is 1.78. The van der Waals surface area contributed by atoms with Crippen LogP contribution < -0.4 is 9.62 Å². The van der Waals surface area contributed by atoms with Crippen LogP contribution in [-0.4, -0.2) is 44.3 Å². The maximum atomic E-state index is 14.4. The first kappa shape index (κ1) is 31.8. The number of amides is 2. The summed E-state index contributed by atoms with van der Waals surface area (Å²) in [7, 11) is -4.18. The Kier molecular flexibility index (Phi) is 11.0. The summed E-state index contributed by atoms with van der Waals surface area (Å²) in [6, 6.07) is 30.8. The van der Waals surface area contributed by atoms with E-state index in [2.05, 4.69) is 5.32 Å². The van der Waals surface area contributed by atoms with Gasteiger partial charge in [0.15, 0.2) is 0 Å². The smallest absolute Gasteiger partial charge is 0.264 e. The SMILES string of the molecule is CCCNC(=O)C(Cc1ccccc1)N(Cc1ccccc1)C(=O)CN(c1cccc(C)c1)S(=O)(=O)c1ccc(Cl)cc1. The number of nitrogens with one attached hydrogen (secondary N) is 1. The molecular weight excluding hydrogens is 582 g/mol. The summed E-state index contributed by atoms with van der Waals surface area (Å²) in [5.41, 5.74) is 2.88. The largest absolute Gasteiger partial charge is 0.354 e. The number of sulfonamides is 1. The molecule has 0 radical (unpaired) electrons. The van der Waals surface area contributed by atoms with Gasteiger partial charge in [-0.15, -0.1) is 0 Å². The van der Waals surface area contributed by atoms with Crippen molar-refractivity contribution in [1.29, 1.82) is 0 Å². The Hall–Kier alpha value is -4.14. The molecule has 4 aromatic carbocycles. The van der Waals surface area contributed by atoms with Crippen molar-refractivity contribution in [1.82, 2.24) is 10.2 Å². The minimum Gasteiger partial charge on any atom is -0.354 e. The van der Waals surface area contributed by atoms with Crippen LogP contribution >= 0.6 is 11.6 Å². The molecule has 0 heterocycles. The Morgan fingerprint density at radius 2 is 1.47 bits per heavy atom. The minimum absolute atomic E-state index is 0.00217. The number of aryl methyl sites for hydroxylation is 1. The van der Waals surface area contributed by atoms with Gasteiger partial charge in [-0.2, -0.15) is 0 Å². The molecule has 4 rings (SSSR count). The van der Waals surface area contributed by atoms with Crippen molar-refractivity contribution in [2.75, 3.05) is 17.4 Å². The molecule has 0 fully saturated rings. The molecule has 0 aliphatic rings. The van der Waals surface area contributed by atoms with E-state index in [4.69, 9.17) is 11.6 Å². The zero-order valence-corrected chi connectivity index (χ0v) is 25.9. The Morgan fingerprint density at radius 1 is 0.837 bits per heavy atom. The van der Waals surface area contributed by atoms with Crippen LogP contribution in [0.3, 0.4) is 0 Å². The van der Waals surface area contributed by atoms with Crippen LogP contribution in [0, 0.1) is 6.92 Å². The molecule has 4 aromatic rings. The normalized spacial score (nSPS) is 11.9. The molecule has 0 aliphatic carbocycles.